The molecule has 1 aliphatic rings. The first kappa shape index (κ1) is 20.7. The number of aromatic nitrogens is 3. The minimum atomic E-state index is -3.23. The van der Waals surface area contributed by atoms with Crippen molar-refractivity contribution in [3.8, 4) is 5.00 Å². The summed E-state index contributed by atoms with van der Waals surface area (Å²) < 4.78 is 27.7. The molecule has 154 valence electrons. The molecule has 2 aromatic heterocycles. The predicted molar refractivity (Wildman–Crippen MR) is 107 cm³/mol. The Labute approximate surface area is 168 Å². The van der Waals surface area contributed by atoms with E-state index in [1.54, 1.807) is 4.57 Å². The fraction of sp³-hybridized carbons (Fsp3) is 0.588. The highest BCUT2D eigenvalue weighted by molar-refractivity contribution is 7.88. The summed E-state index contributed by atoms with van der Waals surface area (Å²) in [4.78, 5) is 25.1. The van der Waals surface area contributed by atoms with Gasteiger partial charge in [0.05, 0.1) is 6.26 Å². The Hall–Kier alpha value is -1.98. The molecular weight excluding hydrogens is 402 g/mol. The lowest BCUT2D eigenvalue weighted by atomic mass is 9.97. The smallest absolute Gasteiger partial charge is 0.351 e. The second-order valence-electron chi connectivity index (χ2n) is 7.24. The van der Waals surface area contributed by atoms with Gasteiger partial charge in [0.15, 0.2) is 0 Å². The molecule has 1 amide bonds. The van der Waals surface area contributed by atoms with Crippen LogP contribution in [-0.4, -0.2) is 58.4 Å². The third-order valence-electron chi connectivity index (χ3n) is 4.62. The van der Waals surface area contributed by atoms with E-state index in [2.05, 4.69) is 10.4 Å². The van der Waals surface area contributed by atoms with Crippen LogP contribution in [0.4, 0.5) is 0 Å². The Morgan fingerprint density at radius 2 is 2.04 bits per heavy atom. The SMILES string of the molecule is CC(C)NC(=O)Cn1nc(C2CCN(S(C)(=O)=O)CC2)n(-c2cccs2)c1=O. The van der Waals surface area contributed by atoms with Crippen molar-refractivity contribution < 1.29 is 13.2 Å². The molecular formula is C17H25N5O4S2. The molecule has 3 heterocycles. The highest BCUT2D eigenvalue weighted by atomic mass is 32.2. The number of amides is 1. The van der Waals surface area contributed by atoms with Crippen LogP contribution in [0.2, 0.25) is 0 Å². The van der Waals surface area contributed by atoms with Gasteiger partial charge in [-0.25, -0.2) is 26.8 Å². The lowest BCUT2D eigenvalue weighted by Gasteiger charge is -2.29. The highest BCUT2D eigenvalue weighted by Gasteiger charge is 2.30. The topological polar surface area (TPSA) is 106 Å². The van der Waals surface area contributed by atoms with Gasteiger partial charge in [0, 0.05) is 25.0 Å². The fourth-order valence-corrected chi connectivity index (χ4v) is 4.95. The molecule has 0 aliphatic carbocycles. The summed E-state index contributed by atoms with van der Waals surface area (Å²) in [5.41, 5.74) is -0.359. The van der Waals surface area contributed by atoms with E-state index >= 15 is 0 Å². The van der Waals surface area contributed by atoms with E-state index in [4.69, 9.17) is 0 Å². The number of thiophene rings is 1. The van der Waals surface area contributed by atoms with Gasteiger partial charge in [-0.1, -0.05) is 0 Å². The molecule has 1 aliphatic heterocycles. The van der Waals surface area contributed by atoms with E-state index in [9.17, 15) is 18.0 Å². The summed E-state index contributed by atoms with van der Waals surface area (Å²) in [6, 6.07) is 3.66. The van der Waals surface area contributed by atoms with E-state index in [-0.39, 0.29) is 30.1 Å². The lowest BCUT2D eigenvalue weighted by molar-refractivity contribution is -0.122. The van der Waals surface area contributed by atoms with Crippen LogP contribution in [0, 0.1) is 0 Å². The van der Waals surface area contributed by atoms with E-state index in [1.807, 2.05) is 31.4 Å². The normalized spacial score (nSPS) is 16.6. The molecule has 0 atom stereocenters. The second kappa shape index (κ2) is 8.18. The van der Waals surface area contributed by atoms with Crippen LogP contribution >= 0.6 is 11.3 Å². The summed E-state index contributed by atoms with van der Waals surface area (Å²) in [7, 11) is -3.23. The van der Waals surface area contributed by atoms with Crippen LogP contribution in [0.15, 0.2) is 22.3 Å². The maximum Gasteiger partial charge on any atom is 0.351 e. The molecule has 1 fully saturated rings. The lowest BCUT2D eigenvalue weighted by Crippen LogP contribution is -2.37. The van der Waals surface area contributed by atoms with Crippen LogP contribution in [0.5, 0.6) is 0 Å². The number of nitrogens with one attached hydrogen (secondary N) is 1. The monoisotopic (exact) mass is 427 g/mol. The molecule has 28 heavy (non-hydrogen) atoms. The summed E-state index contributed by atoms with van der Waals surface area (Å²) in [5.74, 6) is 0.256. The number of sulfonamides is 1. The Balaban J connectivity index is 1.91. The van der Waals surface area contributed by atoms with Crippen molar-refractivity contribution in [3.05, 3.63) is 33.8 Å². The minimum absolute atomic E-state index is 0.0256. The van der Waals surface area contributed by atoms with Crippen LogP contribution in [-0.2, 0) is 21.4 Å². The number of nitrogens with zero attached hydrogens (tertiary/aromatic N) is 4. The quantitative estimate of drug-likeness (QED) is 0.733. The van der Waals surface area contributed by atoms with Crippen molar-refractivity contribution in [1.82, 2.24) is 24.0 Å². The Morgan fingerprint density at radius 3 is 2.57 bits per heavy atom. The Bertz CT molecular complexity index is 983. The van der Waals surface area contributed by atoms with Gasteiger partial charge in [0.2, 0.25) is 15.9 Å². The predicted octanol–water partition coefficient (Wildman–Crippen LogP) is 0.759. The molecule has 0 radical (unpaired) electrons. The van der Waals surface area contributed by atoms with Gasteiger partial charge in [0.25, 0.3) is 0 Å². The standard InChI is InChI=1S/C17H25N5O4S2/c1-12(2)18-14(23)11-21-17(24)22(15-5-4-10-27-15)16(19-21)13-6-8-20(9-7-13)28(3,25)26/h4-5,10,12-13H,6-9,11H2,1-3H3,(H,18,23). The van der Waals surface area contributed by atoms with Crippen molar-refractivity contribution in [3.63, 3.8) is 0 Å². The molecule has 0 aromatic carbocycles. The van der Waals surface area contributed by atoms with Crippen molar-refractivity contribution in [2.24, 2.45) is 0 Å². The first-order valence-corrected chi connectivity index (χ1v) is 11.9. The van der Waals surface area contributed by atoms with Gasteiger partial charge in [-0.15, -0.1) is 11.3 Å². The third kappa shape index (κ3) is 4.53. The molecule has 2 aromatic rings. The van der Waals surface area contributed by atoms with Gasteiger partial charge in [-0.05, 0) is 44.2 Å². The molecule has 1 N–H and O–H groups in total. The summed E-state index contributed by atoms with van der Waals surface area (Å²) in [5, 5.41) is 9.85. The average Bonchev–Trinajstić information content (AvgIpc) is 3.22. The Kier molecular flexibility index (Phi) is 6.06. The zero-order valence-electron chi connectivity index (χ0n) is 16.2. The van der Waals surface area contributed by atoms with E-state index in [0.29, 0.717) is 31.8 Å². The third-order valence-corrected chi connectivity index (χ3v) is 6.78. The first-order valence-electron chi connectivity index (χ1n) is 9.15. The van der Waals surface area contributed by atoms with Gasteiger partial charge in [0.1, 0.15) is 17.4 Å². The fourth-order valence-electron chi connectivity index (χ4n) is 3.35. The molecule has 1 saturated heterocycles. The maximum absolute atomic E-state index is 13.0. The maximum atomic E-state index is 13.0. The van der Waals surface area contributed by atoms with Crippen LogP contribution in [0.1, 0.15) is 38.4 Å². The Morgan fingerprint density at radius 1 is 1.36 bits per heavy atom. The number of carbonyl (C=O) groups excluding carboxylic acids is 1. The first-order chi connectivity index (χ1) is 13.2. The van der Waals surface area contributed by atoms with Crippen molar-refractivity contribution in [2.45, 2.75) is 45.2 Å². The molecule has 11 heteroatoms. The summed E-state index contributed by atoms with van der Waals surface area (Å²) in [6.07, 6.45) is 2.36. The molecule has 3 rings (SSSR count). The molecule has 0 unspecified atom stereocenters. The molecule has 0 saturated carbocycles. The van der Waals surface area contributed by atoms with Crippen LogP contribution in [0.3, 0.4) is 0 Å². The number of hydrogen-bond donors (Lipinski definition) is 1. The van der Waals surface area contributed by atoms with Gasteiger partial charge >= 0.3 is 5.69 Å². The average molecular weight is 428 g/mol. The zero-order chi connectivity index (χ0) is 20.5. The number of carbonyl (C=O) groups is 1. The minimum Gasteiger partial charge on any atom is -0.352 e. The largest absolute Gasteiger partial charge is 0.352 e. The number of rotatable bonds is 6. The van der Waals surface area contributed by atoms with Crippen LogP contribution in [0.25, 0.3) is 5.00 Å². The molecule has 0 bridgehead atoms. The number of hydrogen-bond acceptors (Lipinski definition) is 6. The molecule has 9 nitrogen and oxygen atoms in total. The second-order valence-corrected chi connectivity index (χ2v) is 10.2. The van der Waals surface area contributed by atoms with Gasteiger partial charge < -0.3 is 5.32 Å². The number of piperidine rings is 1. The summed E-state index contributed by atoms with van der Waals surface area (Å²) in [6.45, 7) is 4.34. The van der Waals surface area contributed by atoms with Gasteiger partial charge in [-0.3, -0.25) is 4.79 Å². The van der Waals surface area contributed by atoms with Crippen molar-refractivity contribution in [1.29, 1.82) is 0 Å². The van der Waals surface area contributed by atoms with Gasteiger partial charge in [-0.2, -0.15) is 5.10 Å². The highest BCUT2D eigenvalue weighted by Crippen LogP contribution is 2.29. The van der Waals surface area contributed by atoms with E-state index in [1.165, 1.54) is 26.6 Å². The zero-order valence-corrected chi connectivity index (χ0v) is 17.8. The van der Waals surface area contributed by atoms with E-state index < -0.39 is 10.0 Å². The molecule has 0 spiro atoms. The van der Waals surface area contributed by atoms with Crippen LogP contribution < -0.4 is 11.0 Å². The van der Waals surface area contributed by atoms with E-state index in [0.717, 1.165) is 5.00 Å². The summed E-state index contributed by atoms with van der Waals surface area (Å²) >= 11 is 1.42. The van der Waals surface area contributed by atoms with Crippen molar-refractivity contribution >= 4 is 27.3 Å². The van der Waals surface area contributed by atoms with Crippen molar-refractivity contribution in [2.75, 3.05) is 19.3 Å².